The zero-order chi connectivity index (χ0) is 22.9. The highest BCUT2D eigenvalue weighted by molar-refractivity contribution is 5.84. The highest BCUT2D eigenvalue weighted by Gasteiger charge is 2.15. The van der Waals surface area contributed by atoms with E-state index in [1.165, 1.54) is 11.1 Å². The molecular weight excluding hydrogens is 416 g/mol. The standard InChI is InChI=1S/C28H28O5/c1-2-31-27(29)20-32-26-15-9-14-23-18-24(33-28(23)26)19-30-17-16-25(21-10-5-3-6-11-21)22-12-7-4-8-13-22/h3-15,18,25H,2,16-17,19-20H2,1H3. The Labute approximate surface area is 193 Å². The lowest BCUT2D eigenvalue weighted by Gasteiger charge is -2.18. The van der Waals surface area contributed by atoms with Crippen molar-refractivity contribution >= 4 is 16.9 Å². The SMILES string of the molecule is CCOC(=O)COc1cccc2cc(COCCC(c3ccccc3)c3ccccc3)oc12. The third-order valence-corrected chi connectivity index (χ3v) is 5.41. The van der Waals surface area contributed by atoms with Crippen molar-refractivity contribution in [3.63, 3.8) is 0 Å². The first-order valence-electron chi connectivity index (χ1n) is 11.2. The molecule has 0 fully saturated rings. The number of carbonyl (C=O) groups excluding carboxylic acids is 1. The number of hydrogen-bond donors (Lipinski definition) is 0. The van der Waals surface area contributed by atoms with Gasteiger partial charge in [-0.25, -0.2) is 4.79 Å². The van der Waals surface area contributed by atoms with Gasteiger partial charge in [-0.1, -0.05) is 72.8 Å². The molecule has 0 spiro atoms. The number of benzene rings is 3. The number of furan rings is 1. The van der Waals surface area contributed by atoms with E-state index in [2.05, 4.69) is 48.5 Å². The van der Waals surface area contributed by atoms with Gasteiger partial charge in [0.25, 0.3) is 0 Å². The van der Waals surface area contributed by atoms with E-state index in [4.69, 9.17) is 18.6 Å². The molecule has 4 aromatic rings. The third-order valence-electron chi connectivity index (χ3n) is 5.41. The van der Waals surface area contributed by atoms with Crippen molar-refractivity contribution < 1.29 is 23.4 Å². The van der Waals surface area contributed by atoms with Gasteiger partial charge in [0.15, 0.2) is 17.9 Å². The number of esters is 1. The zero-order valence-corrected chi connectivity index (χ0v) is 18.7. The largest absolute Gasteiger partial charge is 0.478 e. The molecule has 0 unspecified atom stereocenters. The van der Waals surface area contributed by atoms with Gasteiger partial charge < -0.3 is 18.6 Å². The average Bonchev–Trinajstić information content (AvgIpc) is 3.28. The second kappa shape index (κ2) is 11.3. The topological polar surface area (TPSA) is 57.9 Å². The Morgan fingerprint density at radius 1 is 0.909 bits per heavy atom. The Hall–Kier alpha value is -3.57. The van der Waals surface area contributed by atoms with Crippen LogP contribution in [0.1, 0.15) is 36.1 Å². The van der Waals surface area contributed by atoms with E-state index in [-0.39, 0.29) is 12.5 Å². The van der Waals surface area contributed by atoms with Crippen LogP contribution in [0.5, 0.6) is 5.75 Å². The van der Waals surface area contributed by atoms with Crippen LogP contribution in [0.15, 0.2) is 89.3 Å². The van der Waals surface area contributed by atoms with Crippen LogP contribution in [0.4, 0.5) is 0 Å². The van der Waals surface area contributed by atoms with Crippen LogP contribution in [0.3, 0.4) is 0 Å². The van der Waals surface area contributed by atoms with Gasteiger partial charge in [-0.05, 0) is 36.6 Å². The summed E-state index contributed by atoms with van der Waals surface area (Å²) < 4.78 is 22.5. The summed E-state index contributed by atoms with van der Waals surface area (Å²) in [7, 11) is 0. The van der Waals surface area contributed by atoms with E-state index in [0.717, 1.165) is 11.8 Å². The molecule has 0 aliphatic heterocycles. The van der Waals surface area contributed by atoms with Crippen molar-refractivity contribution in [3.05, 3.63) is 102 Å². The van der Waals surface area contributed by atoms with Crippen molar-refractivity contribution in [1.29, 1.82) is 0 Å². The van der Waals surface area contributed by atoms with E-state index >= 15 is 0 Å². The minimum Gasteiger partial charge on any atom is -0.478 e. The predicted octanol–water partition coefficient (Wildman–Crippen LogP) is 6.11. The Kier molecular flexibility index (Phi) is 7.77. The summed E-state index contributed by atoms with van der Waals surface area (Å²) in [5, 5.41) is 0.904. The quantitative estimate of drug-likeness (QED) is 0.206. The summed E-state index contributed by atoms with van der Waals surface area (Å²) in [4.78, 5) is 11.6. The monoisotopic (exact) mass is 444 g/mol. The third kappa shape index (κ3) is 6.02. The van der Waals surface area contributed by atoms with Crippen LogP contribution in [-0.4, -0.2) is 25.8 Å². The maximum absolute atomic E-state index is 11.6. The summed E-state index contributed by atoms with van der Waals surface area (Å²) in [5.74, 6) is 1.09. The molecule has 4 rings (SSSR count). The number of rotatable bonds is 11. The fraction of sp³-hybridized carbons (Fsp3) is 0.250. The average molecular weight is 445 g/mol. The van der Waals surface area contributed by atoms with Crippen LogP contribution in [0, 0.1) is 0 Å². The molecule has 0 saturated carbocycles. The smallest absolute Gasteiger partial charge is 0.344 e. The van der Waals surface area contributed by atoms with Gasteiger partial charge in [-0.2, -0.15) is 0 Å². The first kappa shape index (κ1) is 22.6. The molecule has 33 heavy (non-hydrogen) atoms. The van der Waals surface area contributed by atoms with E-state index < -0.39 is 5.97 Å². The molecule has 0 N–H and O–H groups in total. The van der Waals surface area contributed by atoms with Gasteiger partial charge in [0, 0.05) is 17.9 Å². The minimum absolute atomic E-state index is 0.153. The van der Waals surface area contributed by atoms with Gasteiger partial charge in [0.2, 0.25) is 0 Å². The molecule has 0 amide bonds. The van der Waals surface area contributed by atoms with E-state index in [1.807, 2.05) is 30.3 Å². The molecule has 5 nitrogen and oxygen atoms in total. The van der Waals surface area contributed by atoms with Crippen molar-refractivity contribution in [3.8, 4) is 5.75 Å². The molecule has 0 atom stereocenters. The lowest BCUT2D eigenvalue weighted by molar-refractivity contribution is -0.145. The molecule has 1 heterocycles. The minimum atomic E-state index is -0.406. The number of ether oxygens (including phenoxy) is 3. The van der Waals surface area contributed by atoms with Crippen LogP contribution in [0.2, 0.25) is 0 Å². The van der Waals surface area contributed by atoms with Gasteiger partial charge in [-0.3, -0.25) is 0 Å². The van der Waals surface area contributed by atoms with Crippen molar-refractivity contribution in [2.45, 2.75) is 25.9 Å². The summed E-state index contributed by atoms with van der Waals surface area (Å²) in [6.07, 6.45) is 0.863. The first-order chi connectivity index (χ1) is 16.2. The molecule has 5 heteroatoms. The van der Waals surface area contributed by atoms with Gasteiger partial charge >= 0.3 is 5.97 Å². The highest BCUT2D eigenvalue weighted by atomic mass is 16.6. The Morgan fingerprint density at radius 3 is 2.27 bits per heavy atom. The fourth-order valence-electron chi connectivity index (χ4n) is 3.88. The zero-order valence-electron chi connectivity index (χ0n) is 18.7. The molecule has 3 aromatic carbocycles. The Bertz CT molecular complexity index is 1110. The number of hydrogen-bond acceptors (Lipinski definition) is 5. The van der Waals surface area contributed by atoms with Crippen molar-refractivity contribution in [2.75, 3.05) is 19.8 Å². The maximum Gasteiger partial charge on any atom is 0.344 e. The van der Waals surface area contributed by atoms with E-state index in [9.17, 15) is 4.79 Å². The molecule has 0 radical (unpaired) electrons. The molecular formula is C28H28O5. The van der Waals surface area contributed by atoms with Crippen LogP contribution in [0.25, 0.3) is 11.0 Å². The molecule has 1 aromatic heterocycles. The molecule has 0 saturated heterocycles. The second-order valence-electron chi connectivity index (χ2n) is 7.70. The summed E-state index contributed by atoms with van der Waals surface area (Å²) in [6, 6.07) is 28.5. The van der Waals surface area contributed by atoms with Gasteiger partial charge in [-0.15, -0.1) is 0 Å². The van der Waals surface area contributed by atoms with Crippen LogP contribution in [-0.2, 0) is 20.9 Å². The van der Waals surface area contributed by atoms with Gasteiger partial charge in [0.05, 0.1) is 6.61 Å². The first-order valence-corrected chi connectivity index (χ1v) is 11.2. The fourth-order valence-corrected chi connectivity index (χ4v) is 3.88. The molecule has 170 valence electrons. The molecule has 0 aliphatic carbocycles. The normalized spacial score (nSPS) is 11.1. The van der Waals surface area contributed by atoms with Gasteiger partial charge in [0.1, 0.15) is 12.4 Å². The summed E-state index contributed by atoms with van der Waals surface area (Å²) >= 11 is 0. The molecule has 0 bridgehead atoms. The van der Waals surface area contributed by atoms with Crippen LogP contribution >= 0.6 is 0 Å². The lowest BCUT2D eigenvalue weighted by Crippen LogP contribution is -2.14. The Balaban J connectivity index is 1.37. The summed E-state index contributed by atoms with van der Waals surface area (Å²) in [5.41, 5.74) is 3.16. The van der Waals surface area contributed by atoms with E-state index in [1.54, 1.807) is 13.0 Å². The molecule has 0 aliphatic rings. The number of carbonyl (C=O) groups is 1. The number of fused-ring (bicyclic) bond motifs is 1. The second-order valence-corrected chi connectivity index (χ2v) is 7.70. The summed E-state index contributed by atoms with van der Waals surface area (Å²) in [6.45, 7) is 2.89. The lowest BCUT2D eigenvalue weighted by atomic mass is 9.89. The number of para-hydroxylation sites is 1. The van der Waals surface area contributed by atoms with E-state index in [0.29, 0.717) is 36.9 Å². The predicted molar refractivity (Wildman–Crippen MR) is 127 cm³/mol. The highest BCUT2D eigenvalue weighted by Crippen LogP contribution is 2.30. The van der Waals surface area contributed by atoms with Crippen LogP contribution < -0.4 is 4.74 Å². The van der Waals surface area contributed by atoms with Crippen molar-refractivity contribution in [1.82, 2.24) is 0 Å². The Morgan fingerprint density at radius 2 is 1.61 bits per heavy atom. The van der Waals surface area contributed by atoms with Crippen molar-refractivity contribution in [2.24, 2.45) is 0 Å². The maximum atomic E-state index is 11.6.